The normalized spacial score (nSPS) is 12.0. The van der Waals surface area contributed by atoms with Crippen LogP contribution in [0.2, 0.25) is 5.02 Å². The van der Waals surface area contributed by atoms with Crippen LogP contribution in [-0.2, 0) is 6.42 Å². The van der Waals surface area contributed by atoms with E-state index >= 15 is 0 Å². The molecule has 1 unspecified atom stereocenters. The molecule has 0 aliphatic rings. The van der Waals surface area contributed by atoms with Gasteiger partial charge < -0.3 is 5.32 Å². The van der Waals surface area contributed by atoms with Crippen molar-refractivity contribution in [1.82, 2.24) is 5.32 Å². The fourth-order valence-electron chi connectivity index (χ4n) is 2.25. The first kappa shape index (κ1) is 15.5. The third kappa shape index (κ3) is 4.30. The molecule has 0 radical (unpaired) electrons. The largest absolute Gasteiger partial charge is 0.349 e. The number of amides is 1. The summed E-state index contributed by atoms with van der Waals surface area (Å²) in [6.45, 7) is 3.65. The molecule has 0 saturated carbocycles. The number of aryl methyl sites for hydroxylation is 1. The van der Waals surface area contributed by atoms with E-state index in [9.17, 15) is 9.18 Å². The summed E-state index contributed by atoms with van der Waals surface area (Å²) in [5.41, 5.74) is 2.18. The van der Waals surface area contributed by atoms with Crippen molar-refractivity contribution in [3.63, 3.8) is 0 Å². The highest BCUT2D eigenvalue weighted by molar-refractivity contribution is 6.30. The quantitative estimate of drug-likeness (QED) is 0.903. The second kappa shape index (κ2) is 6.72. The number of nitrogens with one attached hydrogen (secondary N) is 1. The van der Waals surface area contributed by atoms with Crippen LogP contribution in [0.25, 0.3) is 0 Å². The molecule has 0 aromatic heterocycles. The Hall–Kier alpha value is -1.87. The standard InChI is InChI=1S/C17H17ClFNO/c1-11-8-15(19)6-7-16(11)17(21)20-12(2)9-13-4-3-5-14(18)10-13/h3-8,10,12H,9H2,1-2H3,(H,20,21). The van der Waals surface area contributed by atoms with Crippen LogP contribution in [0.4, 0.5) is 4.39 Å². The van der Waals surface area contributed by atoms with Crippen molar-refractivity contribution in [2.24, 2.45) is 0 Å². The van der Waals surface area contributed by atoms with Gasteiger partial charge in [-0.2, -0.15) is 0 Å². The molecule has 2 aromatic rings. The van der Waals surface area contributed by atoms with E-state index in [0.29, 0.717) is 22.6 Å². The van der Waals surface area contributed by atoms with Gasteiger partial charge in [0.15, 0.2) is 0 Å². The summed E-state index contributed by atoms with van der Waals surface area (Å²) in [5, 5.41) is 3.60. The summed E-state index contributed by atoms with van der Waals surface area (Å²) in [4.78, 5) is 12.2. The van der Waals surface area contributed by atoms with Gasteiger partial charge in [0.25, 0.3) is 5.91 Å². The molecule has 0 bridgehead atoms. The Morgan fingerprint density at radius 1 is 1.29 bits per heavy atom. The number of halogens is 2. The highest BCUT2D eigenvalue weighted by Crippen LogP contribution is 2.13. The zero-order valence-corrected chi connectivity index (χ0v) is 12.7. The topological polar surface area (TPSA) is 29.1 Å². The van der Waals surface area contributed by atoms with E-state index < -0.39 is 0 Å². The van der Waals surface area contributed by atoms with Crippen LogP contribution >= 0.6 is 11.6 Å². The summed E-state index contributed by atoms with van der Waals surface area (Å²) >= 11 is 5.94. The molecule has 2 nitrogen and oxygen atoms in total. The molecule has 0 spiro atoms. The van der Waals surface area contributed by atoms with E-state index in [2.05, 4.69) is 5.32 Å². The predicted octanol–water partition coefficient (Wildman–Crippen LogP) is 4.15. The summed E-state index contributed by atoms with van der Waals surface area (Å²) in [5.74, 6) is -0.530. The van der Waals surface area contributed by atoms with Crippen LogP contribution in [0.1, 0.15) is 28.4 Å². The fourth-order valence-corrected chi connectivity index (χ4v) is 2.46. The smallest absolute Gasteiger partial charge is 0.251 e. The minimum Gasteiger partial charge on any atom is -0.349 e. The van der Waals surface area contributed by atoms with Crippen molar-refractivity contribution in [1.29, 1.82) is 0 Å². The van der Waals surface area contributed by atoms with Gasteiger partial charge in [0.05, 0.1) is 0 Å². The Balaban J connectivity index is 2.02. The van der Waals surface area contributed by atoms with Crippen LogP contribution in [0.15, 0.2) is 42.5 Å². The Morgan fingerprint density at radius 2 is 2.05 bits per heavy atom. The van der Waals surface area contributed by atoms with Gasteiger partial charge in [0, 0.05) is 16.6 Å². The molecule has 1 N–H and O–H groups in total. The van der Waals surface area contributed by atoms with Gasteiger partial charge in [-0.25, -0.2) is 4.39 Å². The zero-order valence-electron chi connectivity index (χ0n) is 12.0. The van der Waals surface area contributed by atoms with Crippen LogP contribution in [0.5, 0.6) is 0 Å². The van der Waals surface area contributed by atoms with E-state index in [1.54, 1.807) is 6.92 Å². The number of hydrogen-bond acceptors (Lipinski definition) is 1. The fraction of sp³-hybridized carbons (Fsp3) is 0.235. The van der Waals surface area contributed by atoms with E-state index in [4.69, 9.17) is 11.6 Å². The number of hydrogen-bond donors (Lipinski definition) is 1. The molecule has 0 saturated heterocycles. The van der Waals surface area contributed by atoms with E-state index in [0.717, 1.165) is 5.56 Å². The minimum absolute atomic E-state index is 0.0413. The summed E-state index contributed by atoms with van der Waals surface area (Å²) in [7, 11) is 0. The summed E-state index contributed by atoms with van der Waals surface area (Å²) < 4.78 is 13.1. The SMILES string of the molecule is Cc1cc(F)ccc1C(=O)NC(C)Cc1cccc(Cl)c1. The number of benzene rings is 2. The lowest BCUT2D eigenvalue weighted by atomic mass is 10.1. The monoisotopic (exact) mass is 305 g/mol. The first-order valence-corrected chi connectivity index (χ1v) is 7.15. The Morgan fingerprint density at radius 3 is 2.71 bits per heavy atom. The van der Waals surface area contributed by atoms with Gasteiger partial charge in [-0.1, -0.05) is 23.7 Å². The number of carbonyl (C=O) groups excluding carboxylic acids is 1. The van der Waals surface area contributed by atoms with Crippen molar-refractivity contribution in [2.45, 2.75) is 26.3 Å². The number of rotatable bonds is 4. The van der Waals surface area contributed by atoms with E-state index in [-0.39, 0.29) is 17.8 Å². The maximum atomic E-state index is 13.1. The van der Waals surface area contributed by atoms with Crippen LogP contribution in [0, 0.1) is 12.7 Å². The van der Waals surface area contributed by atoms with Gasteiger partial charge in [-0.05, 0) is 61.7 Å². The molecular weight excluding hydrogens is 289 g/mol. The number of carbonyl (C=O) groups is 1. The lowest BCUT2D eigenvalue weighted by Crippen LogP contribution is -2.34. The lowest BCUT2D eigenvalue weighted by Gasteiger charge is -2.15. The van der Waals surface area contributed by atoms with Crippen molar-refractivity contribution >= 4 is 17.5 Å². The van der Waals surface area contributed by atoms with Gasteiger partial charge in [0.2, 0.25) is 0 Å². The van der Waals surface area contributed by atoms with E-state index in [1.165, 1.54) is 18.2 Å². The Bertz CT molecular complexity index is 657. The highest BCUT2D eigenvalue weighted by atomic mass is 35.5. The van der Waals surface area contributed by atoms with Crippen molar-refractivity contribution in [2.75, 3.05) is 0 Å². The molecule has 0 aliphatic carbocycles. The molecule has 21 heavy (non-hydrogen) atoms. The lowest BCUT2D eigenvalue weighted by molar-refractivity contribution is 0.0939. The highest BCUT2D eigenvalue weighted by Gasteiger charge is 2.13. The first-order chi connectivity index (χ1) is 9.95. The van der Waals surface area contributed by atoms with Gasteiger partial charge in [-0.15, -0.1) is 0 Å². The maximum absolute atomic E-state index is 13.1. The molecule has 2 rings (SSSR count). The Kier molecular flexibility index (Phi) is 4.97. The van der Waals surface area contributed by atoms with Crippen molar-refractivity contribution in [3.05, 3.63) is 70.0 Å². The second-order valence-electron chi connectivity index (χ2n) is 5.17. The second-order valence-corrected chi connectivity index (χ2v) is 5.60. The van der Waals surface area contributed by atoms with Gasteiger partial charge in [-0.3, -0.25) is 4.79 Å². The molecule has 2 aromatic carbocycles. The summed E-state index contributed by atoms with van der Waals surface area (Å²) in [6, 6.07) is 11.7. The molecule has 1 atom stereocenters. The molecule has 110 valence electrons. The average molecular weight is 306 g/mol. The Labute approximate surface area is 128 Å². The predicted molar refractivity (Wildman–Crippen MR) is 83.2 cm³/mol. The molecule has 0 heterocycles. The molecule has 4 heteroatoms. The molecular formula is C17H17ClFNO. The third-order valence-electron chi connectivity index (χ3n) is 3.24. The summed E-state index contributed by atoms with van der Waals surface area (Å²) in [6.07, 6.45) is 0.687. The first-order valence-electron chi connectivity index (χ1n) is 6.77. The molecule has 0 fully saturated rings. The van der Waals surface area contributed by atoms with Crippen LogP contribution < -0.4 is 5.32 Å². The van der Waals surface area contributed by atoms with Crippen molar-refractivity contribution < 1.29 is 9.18 Å². The van der Waals surface area contributed by atoms with E-state index in [1.807, 2.05) is 31.2 Å². The maximum Gasteiger partial charge on any atom is 0.251 e. The third-order valence-corrected chi connectivity index (χ3v) is 3.48. The van der Waals surface area contributed by atoms with Gasteiger partial charge in [0.1, 0.15) is 5.82 Å². The zero-order chi connectivity index (χ0) is 15.4. The van der Waals surface area contributed by atoms with Crippen LogP contribution in [0.3, 0.4) is 0 Å². The van der Waals surface area contributed by atoms with Crippen molar-refractivity contribution in [3.8, 4) is 0 Å². The van der Waals surface area contributed by atoms with Gasteiger partial charge >= 0.3 is 0 Å². The molecule has 1 amide bonds. The van der Waals surface area contributed by atoms with Crippen LogP contribution in [-0.4, -0.2) is 11.9 Å². The molecule has 0 aliphatic heterocycles. The average Bonchev–Trinajstić information content (AvgIpc) is 2.38. The minimum atomic E-state index is -0.337.